The average Bonchev–Trinajstić information content (AvgIpc) is 3.34. The summed E-state index contributed by atoms with van der Waals surface area (Å²) in [6, 6.07) is 16.5. The van der Waals surface area contributed by atoms with E-state index in [1.54, 1.807) is 18.2 Å². The minimum Gasteiger partial charge on any atom is -0.454 e. The van der Waals surface area contributed by atoms with Gasteiger partial charge in [-0.2, -0.15) is 0 Å². The summed E-state index contributed by atoms with van der Waals surface area (Å²) in [6.45, 7) is 4.27. The van der Waals surface area contributed by atoms with Crippen LogP contribution in [0.25, 0.3) is 22.6 Å². The number of hydrogen-bond donors (Lipinski definition) is 1. The summed E-state index contributed by atoms with van der Waals surface area (Å²) in [4.78, 5) is 17.2. The Bertz CT molecular complexity index is 1220. The molecule has 2 heterocycles. The Morgan fingerprint density at radius 3 is 2.69 bits per heavy atom. The molecule has 29 heavy (non-hydrogen) atoms. The van der Waals surface area contributed by atoms with Gasteiger partial charge in [0, 0.05) is 16.8 Å². The number of aromatic nitrogens is 1. The normalized spacial score (nSPS) is 12.3. The predicted octanol–water partition coefficient (Wildman–Crippen LogP) is 5.09. The van der Waals surface area contributed by atoms with E-state index in [1.807, 2.05) is 43.3 Å². The zero-order valence-corrected chi connectivity index (χ0v) is 16.0. The number of nitrogens with zero attached hydrogens (tertiary/aromatic N) is 1. The van der Waals surface area contributed by atoms with Crippen LogP contribution in [0.15, 0.2) is 59.0 Å². The lowest BCUT2D eigenvalue weighted by atomic mass is 10.1. The Morgan fingerprint density at radius 1 is 0.966 bits per heavy atom. The second-order valence-corrected chi connectivity index (χ2v) is 7.03. The molecular formula is C23H18N2O4. The molecule has 0 fully saturated rings. The van der Waals surface area contributed by atoms with Gasteiger partial charge < -0.3 is 19.2 Å². The largest absolute Gasteiger partial charge is 0.454 e. The molecule has 0 spiro atoms. The highest BCUT2D eigenvalue weighted by atomic mass is 16.7. The number of rotatable bonds is 3. The molecule has 0 bridgehead atoms. The van der Waals surface area contributed by atoms with E-state index >= 15 is 0 Å². The van der Waals surface area contributed by atoms with Crippen LogP contribution in [0.1, 0.15) is 21.5 Å². The monoisotopic (exact) mass is 386 g/mol. The summed E-state index contributed by atoms with van der Waals surface area (Å²) in [6.07, 6.45) is 0. The Balaban J connectivity index is 1.42. The van der Waals surface area contributed by atoms with Crippen LogP contribution >= 0.6 is 0 Å². The molecule has 144 valence electrons. The minimum absolute atomic E-state index is 0.173. The van der Waals surface area contributed by atoms with Crippen molar-refractivity contribution in [1.29, 1.82) is 0 Å². The summed E-state index contributed by atoms with van der Waals surface area (Å²) in [5, 5.41) is 2.91. The number of hydrogen-bond acceptors (Lipinski definition) is 5. The van der Waals surface area contributed by atoms with E-state index in [4.69, 9.17) is 13.9 Å². The van der Waals surface area contributed by atoms with E-state index in [0.717, 1.165) is 22.2 Å². The van der Waals surface area contributed by atoms with Crippen molar-refractivity contribution in [2.24, 2.45) is 0 Å². The van der Waals surface area contributed by atoms with Crippen LogP contribution in [-0.4, -0.2) is 17.7 Å². The highest BCUT2D eigenvalue weighted by molar-refractivity contribution is 6.05. The molecule has 0 atom stereocenters. The van der Waals surface area contributed by atoms with E-state index in [9.17, 15) is 4.79 Å². The first-order valence-electron chi connectivity index (χ1n) is 9.26. The second-order valence-electron chi connectivity index (χ2n) is 7.03. The average molecular weight is 386 g/mol. The number of carbonyl (C=O) groups excluding carboxylic acids is 1. The van der Waals surface area contributed by atoms with Gasteiger partial charge in [0.15, 0.2) is 17.1 Å². The van der Waals surface area contributed by atoms with Crippen molar-refractivity contribution in [2.75, 3.05) is 12.1 Å². The number of fused-ring (bicyclic) bond motifs is 2. The first-order valence-corrected chi connectivity index (χ1v) is 9.26. The van der Waals surface area contributed by atoms with Crippen LogP contribution in [-0.2, 0) is 0 Å². The van der Waals surface area contributed by atoms with Crippen molar-refractivity contribution < 1.29 is 18.7 Å². The molecule has 5 rings (SSSR count). The molecule has 1 aromatic heterocycles. The number of nitrogens with one attached hydrogen (secondary N) is 1. The first-order chi connectivity index (χ1) is 14.1. The summed E-state index contributed by atoms with van der Waals surface area (Å²) < 4.78 is 16.6. The molecule has 3 aromatic carbocycles. The fourth-order valence-electron chi connectivity index (χ4n) is 3.27. The number of benzene rings is 3. The van der Waals surface area contributed by atoms with Gasteiger partial charge in [0.05, 0.1) is 0 Å². The van der Waals surface area contributed by atoms with Gasteiger partial charge in [0.1, 0.15) is 5.52 Å². The van der Waals surface area contributed by atoms with Crippen molar-refractivity contribution in [3.05, 3.63) is 71.3 Å². The SMILES string of the molecule is Cc1cc2nc(-c3cccc(NC(=O)c4ccc5c(c4)OCO5)c3)oc2cc1C. The van der Waals surface area contributed by atoms with Gasteiger partial charge in [0.25, 0.3) is 5.91 Å². The van der Waals surface area contributed by atoms with Crippen LogP contribution < -0.4 is 14.8 Å². The van der Waals surface area contributed by atoms with E-state index < -0.39 is 0 Å². The quantitative estimate of drug-likeness (QED) is 0.531. The highest BCUT2D eigenvalue weighted by Gasteiger charge is 2.17. The molecular weight excluding hydrogens is 368 g/mol. The molecule has 0 unspecified atom stereocenters. The Labute approximate surface area is 167 Å². The number of ether oxygens (including phenoxy) is 2. The molecule has 0 saturated carbocycles. The van der Waals surface area contributed by atoms with E-state index in [2.05, 4.69) is 17.2 Å². The Morgan fingerprint density at radius 2 is 1.79 bits per heavy atom. The third-order valence-corrected chi connectivity index (χ3v) is 5.01. The molecule has 1 N–H and O–H groups in total. The Hall–Kier alpha value is -3.80. The highest BCUT2D eigenvalue weighted by Crippen LogP contribution is 2.33. The van der Waals surface area contributed by atoms with Crippen LogP contribution in [0.5, 0.6) is 11.5 Å². The van der Waals surface area contributed by atoms with Gasteiger partial charge in [-0.3, -0.25) is 4.79 Å². The number of amides is 1. The zero-order chi connectivity index (χ0) is 20.0. The van der Waals surface area contributed by atoms with E-state index in [-0.39, 0.29) is 12.7 Å². The van der Waals surface area contributed by atoms with Gasteiger partial charge in [0.2, 0.25) is 12.7 Å². The summed E-state index contributed by atoms with van der Waals surface area (Å²) >= 11 is 0. The Kier molecular flexibility index (Phi) is 3.98. The molecule has 0 radical (unpaired) electrons. The van der Waals surface area contributed by atoms with E-state index in [1.165, 1.54) is 5.56 Å². The molecule has 1 amide bonds. The maximum absolute atomic E-state index is 12.6. The van der Waals surface area contributed by atoms with Crippen LogP contribution in [0.2, 0.25) is 0 Å². The van der Waals surface area contributed by atoms with Crippen molar-refractivity contribution >= 4 is 22.7 Å². The third-order valence-electron chi connectivity index (χ3n) is 5.01. The lowest BCUT2D eigenvalue weighted by molar-refractivity contribution is 0.102. The summed E-state index contributed by atoms with van der Waals surface area (Å²) in [7, 11) is 0. The lowest BCUT2D eigenvalue weighted by Gasteiger charge is -2.07. The van der Waals surface area contributed by atoms with Gasteiger partial charge in [-0.15, -0.1) is 0 Å². The maximum Gasteiger partial charge on any atom is 0.255 e. The number of carbonyl (C=O) groups is 1. The zero-order valence-electron chi connectivity index (χ0n) is 16.0. The fraction of sp³-hybridized carbons (Fsp3) is 0.130. The van der Waals surface area contributed by atoms with Crippen molar-refractivity contribution in [3.8, 4) is 23.0 Å². The van der Waals surface area contributed by atoms with Gasteiger partial charge in [-0.05, 0) is 73.5 Å². The smallest absolute Gasteiger partial charge is 0.255 e. The minimum atomic E-state index is -0.232. The molecule has 4 aromatic rings. The molecule has 0 saturated heterocycles. The number of aryl methyl sites for hydroxylation is 2. The van der Waals surface area contributed by atoms with Crippen molar-refractivity contribution in [1.82, 2.24) is 4.98 Å². The lowest BCUT2D eigenvalue weighted by Crippen LogP contribution is -2.11. The van der Waals surface area contributed by atoms with Crippen LogP contribution in [0.4, 0.5) is 5.69 Å². The third kappa shape index (κ3) is 3.18. The van der Waals surface area contributed by atoms with Crippen molar-refractivity contribution in [2.45, 2.75) is 13.8 Å². The maximum atomic E-state index is 12.6. The number of anilines is 1. The molecule has 6 heteroatoms. The standard InChI is InChI=1S/C23H18N2O4/c1-13-8-18-20(9-14(13)2)29-23(25-18)16-4-3-5-17(10-16)24-22(26)15-6-7-19-21(11-15)28-12-27-19/h3-11H,12H2,1-2H3,(H,24,26). The van der Waals surface area contributed by atoms with Crippen LogP contribution in [0.3, 0.4) is 0 Å². The van der Waals surface area contributed by atoms with E-state index in [0.29, 0.717) is 28.6 Å². The molecule has 1 aliphatic heterocycles. The second kappa shape index (κ2) is 6.67. The predicted molar refractivity (Wildman–Crippen MR) is 109 cm³/mol. The topological polar surface area (TPSA) is 73.6 Å². The van der Waals surface area contributed by atoms with Crippen molar-refractivity contribution in [3.63, 3.8) is 0 Å². The first kappa shape index (κ1) is 17.3. The summed E-state index contributed by atoms with van der Waals surface area (Å²) in [5.74, 6) is 1.50. The fourth-order valence-corrected chi connectivity index (χ4v) is 3.27. The molecule has 0 aliphatic carbocycles. The van der Waals surface area contributed by atoms with Crippen LogP contribution in [0, 0.1) is 13.8 Å². The summed E-state index contributed by atoms with van der Waals surface area (Å²) in [5.41, 5.74) is 5.83. The van der Waals surface area contributed by atoms with Gasteiger partial charge in [-0.1, -0.05) is 6.07 Å². The van der Waals surface area contributed by atoms with Gasteiger partial charge >= 0.3 is 0 Å². The van der Waals surface area contributed by atoms with Gasteiger partial charge in [-0.25, -0.2) is 4.98 Å². The molecule has 6 nitrogen and oxygen atoms in total. The molecule has 1 aliphatic rings. The number of oxazole rings is 1.